The maximum absolute atomic E-state index is 13.9. The predicted molar refractivity (Wildman–Crippen MR) is 75.1 cm³/mol. The fraction of sp³-hybridized carbons (Fsp3) is 0.133. The van der Waals surface area contributed by atoms with Crippen LogP contribution in [0.3, 0.4) is 0 Å². The monoisotopic (exact) mass is 288 g/mol. The van der Waals surface area contributed by atoms with Gasteiger partial charge in [-0.1, -0.05) is 0 Å². The van der Waals surface area contributed by atoms with Gasteiger partial charge in [0.2, 0.25) is 0 Å². The topological polar surface area (TPSA) is 77.5 Å². The van der Waals surface area contributed by atoms with E-state index in [1.807, 2.05) is 6.07 Å². The second-order valence-corrected chi connectivity index (χ2v) is 4.14. The Morgan fingerprint density at radius 3 is 2.33 bits per heavy atom. The molecule has 2 aromatic carbocycles. The van der Waals surface area contributed by atoms with E-state index in [0.717, 1.165) is 6.07 Å². The highest BCUT2D eigenvalue weighted by Crippen LogP contribution is 2.34. The van der Waals surface area contributed by atoms with Crippen LogP contribution in [0.2, 0.25) is 0 Å². The Balaban J connectivity index is 2.40. The molecule has 0 aliphatic carbocycles. The van der Waals surface area contributed by atoms with Crippen LogP contribution in [-0.4, -0.2) is 14.2 Å². The van der Waals surface area contributed by atoms with Crippen molar-refractivity contribution >= 4 is 5.69 Å². The molecule has 108 valence electrons. The molecular weight excluding hydrogens is 275 g/mol. The van der Waals surface area contributed by atoms with Gasteiger partial charge in [-0.05, 0) is 12.1 Å². The van der Waals surface area contributed by atoms with Crippen LogP contribution in [0.5, 0.6) is 23.0 Å². The van der Waals surface area contributed by atoms with Crippen molar-refractivity contribution in [2.45, 2.75) is 0 Å². The number of halogens is 1. The lowest BCUT2D eigenvalue weighted by molar-refractivity contribution is 0.396. The van der Waals surface area contributed by atoms with Crippen molar-refractivity contribution in [3.05, 3.63) is 41.7 Å². The molecule has 6 heteroatoms. The molecule has 0 radical (unpaired) electrons. The lowest BCUT2D eigenvalue weighted by Crippen LogP contribution is -1.96. The molecule has 2 rings (SSSR count). The van der Waals surface area contributed by atoms with Crippen LogP contribution in [0.4, 0.5) is 10.1 Å². The lowest BCUT2D eigenvalue weighted by atomic mass is 10.2. The van der Waals surface area contributed by atoms with Crippen LogP contribution < -0.4 is 19.9 Å². The van der Waals surface area contributed by atoms with Crippen LogP contribution in [0, 0.1) is 17.1 Å². The van der Waals surface area contributed by atoms with E-state index >= 15 is 0 Å². The smallest absolute Gasteiger partial charge is 0.168 e. The summed E-state index contributed by atoms with van der Waals surface area (Å²) in [6.07, 6.45) is 0. The summed E-state index contributed by atoms with van der Waals surface area (Å²) in [6, 6.07) is 9.00. The van der Waals surface area contributed by atoms with Crippen molar-refractivity contribution in [1.82, 2.24) is 0 Å². The van der Waals surface area contributed by atoms with E-state index in [-0.39, 0.29) is 17.2 Å². The quantitative estimate of drug-likeness (QED) is 0.875. The zero-order chi connectivity index (χ0) is 15.4. The number of anilines is 1. The lowest BCUT2D eigenvalue weighted by Gasteiger charge is -2.11. The van der Waals surface area contributed by atoms with Gasteiger partial charge < -0.3 is 19.9 Å². The third-order valence-electron chi connectivity index (χ3n) is 2.76. The van der Waals surface area contributed by atoms with Gasteiger partial charge in [0.1, 0.15) is 17.2 Å². The molecule has 0 fully saturated rings. The summed E-state index contributed by atoms with van der Waals surface area (Å²) in [6.45, 7) is 0. The van der Waals surface area contributed by atoms with Crippen LogP contribution in [0.25, 0.3) is 0 Å². The van der Waals surface area contributed by atoms with E-state index in [0.29, 0.717) is 17.1 Å². The number of ether oxygens (including phenoxy) is 3. The van der Waals surface area contributed by atoms with Gasteiger partial charge in [-0.3, -0.25) is 0 Å². The highest BCUT2D eigenvalue weighted by Gasteiger charge is 2.12. The number of nitrogens with zero attached hydrogens (tertiary/aromatic N) is 1. The van der Waals surface area contributed by atoms with Crippen LogP contribution in [0.1, 0.15) is 5.56 Å². The van der Waals surface area contributed by atoms with Gasteiger partial charge in [-0.25, -0.2) is 4.39 Å². The number of nitrogen functional groups attached to an aromatic ring is 1. The Kier molecular flexibility index (Phi) is 4.14. The van der Waals surface area contributed by atoms with E-state index in [1.54, 1.807) is 12.1 Å². The molecule has 2 N–H and O–H groups in total. The van der Waals surface area contributed by atoms with Crippen molar-refractivity contribution in [3.8, 4) is 29.1 Å². The number of methoxy groups -OCH3 is 2. The molecule has 0 aliphatic heterocycles. The summed E-state index contributed by atoms with van der Waals surface area (Å²) >= 11 is 0. The summed E-state index contributed by atoms with van der Waals surface area (Å²) < 4.78 is 29.4. The second kappa shape index (κ2) is 6.01. The van der Waals surface area contributed by atoms with E-state index in [9.17, 15) is 4.39 Å². The van der Waals surface area contributed by atoms with E-state index in [4.69, 9.17) is 25.2 Å². The van der Waals surface area contributed by atoms with Crippen LogP contribution in [-0.2, 0) is 0 Å². The molecule has 21 heavy (non-hydrogen) atoms. The largest absolute Gasteiger partial charge is 0.497 e. The minimum atomic E-state index is -0.630. The number of nitriles is 1. The van der Waals surface area contributed by atoms with Crippen molar-refractivity contribution in [3.63, 3.8) is 0 Å². The Labute approximate surface area is 121 Å². The molecule has 0 aliphatic rings. The Hall–Kier alpha value is -2.94. The predicted octanol–water partition coefficient (Wildman–Crippen LogP) is 3.09. The minimum Gasteiger partial charge on any atom is -0.497 e. The third kappa shape index (κ3) is 3.15. The van der Waals surface area contributed by atoms with E-state index < -0.39 is 5.82 Å². The maximum atomic E-state index is 13.9. The van der Waals surface area contributed by atoms with Crippen molar-refractivity contribution in [2.24, 2.45) is 0 Å². The summed E-state index contributed by atoms with van der Waals surface area (Å²) in [7, 11) is 2.89. The van der Waals surface area contributed by atoms with Gasteiger partial charge in [0.15, 0.2) is 11.6 Å². The first-order valence-electron chi connectivity index (χ1n) is 5.97. The summed E-state index contributed by atoms with van der Waals surface area (Å²) in [5, 5.41) is 8.95. The third-order valence-corrected chi connectivity index (χ3v) is 2.76. The van der Waals surface area contributed by atoms with Gasteiger partial charge in [-0.15, -0.1) is 0 Å². The highest BCUT2D eigenvalue weighted by atomic mass is 19.1. The molecule has 0 atom stereocenters. The number of rotatable bonds is 4. The molecule has 0 bridgehead atoms. The molecule has 0 heterocycles. The fourth-order valence-electron chi connectivity index (χ4n) is 1.75. The Morgan fingerprint density at radius 2 is 1.71 bits per heavy atom. The Bertz CT molecular complexity index is 711. The highest BCUT2D eigenvalue weighted by molar-refractivity contribution is 5.57. The molecule has 0 aromatic heterocycles. The summed E-state index contributed by atoms with van der Waals surface area (Å²) in [4.78, 5) is 0. The molecule has 5 nitrogen and oxygen atoms in total. The molecule has 0 spiro atoms. The zero-order valence-corrected chi connectivity index (χ0v) is 11.5. The average molecular weight is 288 g/mol. The SMILES string of the molecule is COc1cc(C#N)cc(Oc2cc(OC)c(N)cc2F)c1. The first-order chi connectivity index (χ1) is 10.1. The standard InChI is InChI=1S/C15H13FN2O3/c1-19-10-3-9(8-17)4-11(5-10)21-14-7-15(20-2)13(18)6-12(14)16/h3-7H,18H2,1-2H3. The molecule has 0 saturated heterocycles. The molecular formula is C15H13FN2O3. The van der Waals surface area contributed by atoms with Gasteiger partial charge in [0, 0.05) is 18.2 Å². The first-order valence-corrected chi connectivity index (χ1v) is 5.97. The first kappa shape index (κ1) is 14.5. The van der Waals surface area contributed by atoms with Crippen molar-refractivity contribution in [2.75, 3.05) is 20.0 Å². The molecule has 0 amide bonds. The van der Waals surface area contributed by atoms with Crippen molar-refractivity contribution in [1.29, 1.82) is 5.26 Å². The van der Waals surface area contributed by atoms with Crippen LogP contribution >= 0.6 is 0 Å². The minimum absolute atomic E-state index is 0.0572. The number of hydrogen-bond acceptors (Lipinski definition) is 5. The number of nitrogens with two attached hydrogens (primary N) is 1. The fourth-order valence-corrected chi connectivity index (χ4v) is 1.75. The maximum Gasteiger partial charge on any atom is 0.168 e. The van der Waals surface area contributed by atoms with Crippen LogP contribution in [0.15, 0.2) is 30.3 Å². The summed E-state index contributed by atoms with van der Waals surface area (Å²) in [5.74, 6) is 0.325. The second-order valence-electron chi connectivity index (χ2n) is 4.14. The normalized spacial score (nSPS) is 9.81. The average Bonchev–Trinajstić information content (AvgIpc) is 2.49. The van der Waals surface area contributed by atoms with Crippen molar-refractivity contribution < 1.29 is 18.6 Å². The Morgan fingerprint density at radius 1 is 1.00 bits per heavy atom. The molecule has 0 unspecified atom stereocenters. The number of benzene rings is 2. The summed E-state index contributed by atoms with van der Waals surface area (Å²) in [5.41, 5.74) is 6.11. The van der Waals surface area contributed by atoms with Gasteiger partial charge >= 0.3 is 0 Å². The molecule has 0 saturated carbocycles. The number of hydrogen-bond donors (Lipinski definition) is 1. The van der Waals surface area contributed by atoms with Gasteiger partial charge in [-0.2, -0.15) is 5.26 Å². The van der Waals surface area contributed by atoms with E-state index in [1.165, 1.54) is 26.4 Å². The van der Waals surface area contributed by atoms with E-state index in [2.05, 4.69) is 0 Å². The van der Waals surface area contributed by atoms with Gasteiger partial charge in [0.25, 0.3) is 0 Å². The zero-order valence-electron chi connectivity index (χ0n) is 11.5. The molecule has 2 aromatic rings. The van der Waals surface area contributed by atoms with Gasteiger partial charge in [0.05, 0.1) is 31.5 Å².